The van der Waals surface area contributed by atoms with E-state index in [1.54, 1.807) is 24.3 Å². The minimum atomic E-state index is -0.508. The van der Waals surface area contributed by atoms with Crippen molar-refractivity contribution in [2.45, 2.75) is 0 Å². The molecule has 0 spiro atoms. The number of nitrogens with two attached hydrogens (primary N) is 1. The van der Waals surface area contributed by atoms with E-state index in [2.05, 4.69) is 31.2 Å². The average molecular weight is 278 g/mol. The third kappa shape index (κ3) is 2.37. The van der Waals surface area contributed by atoms with Gasteiger partial charge >= 0.3 is 0 Å². The largest absolute Gasteiger partial charge is 0.366 e. The molecular weight excluding hydrogens is 268 g/mol. The lowest BCUT2D eigenvalue weighted by Gasteiger charge is -2.06. The van der Waals surface area contributed by atoms with Crippen LogP contribution in [0, 0.1) is 12.3 Å². The second kappa shape index (κ2) is 4.94. The molecule has 0 saturated carbocycles. The zero-order valence-corrected chi connectivity index (χ0v) is 10.8. The number of anilines is 2. The van der Waals surface area contributed by atoms with E-state index in [0.29, 0.717) is 34.1 Å². The van der Waals surface area contributed by atoms with Crippen LogP contribution in [0.4, 0.5) is 11.6 Å². The van der Waals surface area contributed by atoms with Crippen molar-refractivity contribution in [3.63, 3.8) is 0 Å². The van der Waals surface area contributed by atoms with Crippen LogP contribution in [0.2, 0.25) is 0 Å². The molecule has 0 saturated heterocycles. The van der Waals surface area contributed by atoms with Gasteiger partial charge in [0.05, 0.1) is 6.33 Å². The quantitative estimate of drug-likeness (QED) is 0.623. The number of nitrogens with one attached hydrogen (secondary N) is 2. The number of aromatic amines is 1. The molecule has 0 aliphatic rings. The second-order valence-electron chi connectivity index (χ2n) is 4.21. The molecule has 1 amide bonds. The monoisotopic (exact) mass is 278 g/mol. The normalized spacial score (nSPS) is 10.2. The van der Waals surface area contributed by atoms with Crippen molar-refractivity contribution in [2.75, 3.05) is 5.32 Å². The maximum atomic E-state index is 11.2. The van der Waals surface area contributed by atoms with Crippen molar-refractivity contribution in [2.24, 2.45) is 5.73 Å². The van der Waals surface area contributed by atoms with Crippen LogP contribution in [0.25, 0.3) is 11.2 Å². The lowest BCUT2D eigenvalue weighted by atomic mass is 10.2. The van der Waals surface area contributed by atoms with Gasteiger partial charge in [0.2, 0.25) is 11.9 Å². The number of carbonyl (C=O) groups is 1. The Kier molecular flexibility index (Phi) is 2.97. The molecule has 2 heterocycles. The molecule has 0 aliphatic carbocycles. The molecule has 0 aliphatic heterocycles. The van der Waals surface area contributed by atoms with Crippen LogP contribution in [0.3, 0.4) is 0 Å². The Morgan fingerprint density at radius 1 is 1.38 bits per heavy atom. The number of nitrogens with zero attached hydrogens (tertiary/aromatic N) is 3. The molecule has 102 valence electrons. The number of terminal acetylenes is 1. The van der Waals surface area contributed by atoms with Crippen molar-refractivity contribution in [3.8, 4) is 12.3 Å². The molecular formula is C14H10N6O. The fraction of sp³-hybridized carbons (Fsp3) is 0. The van der Waals surface area contributed by atoms with E-state index in [9.17, 15) is 4.79 Å². The number of carbonyl (C=O) groups excluding carboxylic acids is 1. The highest BCUT2D eigenvalue weighted by atomic mass is 16.1. The summed E-state index contributed by atoms with van der Waals surface area (Å²) < 4.78 is 0. The van der Waals surface area contributed by atoms with Gasteiger partial charge in [0.1, 0.15) is 11.2 Å². The van der Waals surface area contributed by atoms with Gasteiger partial charge in [-0.2, -0.15) is 4.98 Å². The van der Waals surface area contributed by atoms with Crippen LogP contribution < -0.4 is 11.1 Å². The summed E-state index contributed by atoms with van der Waals surface area (Å²) in [5, 5.41) is 2.98. The first-order valence-electron chi connectivity index (χ1n) is 6.02. The van der Waals surface area contributed by atoms with E-state index in [-0.39, 0.29) is 0 Å². The lowest BCUT2D eigenvalue weighted by Crippen LogP contribution is -2.11. The molecule has 0 fully saturated rings. The predicted molar refractivity (Wildman–Crippen MR) is 77.9 cm³/mol. The number of aromatic nitrogens is 4. The van der Waals surface area contributed by atoms with Crippen molar-refractivity contribution >= 4 is 28.7 Å². The first-order valence-corrected chi connectivity index (χ1v) is 6.02. The Labute approximate surface area is 119 Å². The van der Waals surface area contributed by atoms with Crippen molar-refractivity contribution in [1.82, 2.24) is 19.9 Å². The maximum absolute atomic E-state index is 11.2. The Bertz CT molecular complexity index is 877. The standard InChI is InChI=1S/C14H10N6O/c1-2-10-11-13(17-7-16-11)20-14(19-10)18-9-5-3-4-8(6-9)12(15)21/h1,3-7H,(H2,15,21)(H2,16,17,18,19,20). The van der Waals surface area contributed by atoms with E-state index in [0.717, 1.165) is 0 Å². The minimum Gasteiger partial charge on any atom is -0.366 e. The van der Waals surface area contributed by atoms with Gasteiger partial charge in [-0.25, -0.2) is 9.97 Å². The van der Waals surface area contributed by atoms with E-state index in [1.807, 2.05) is 0 Å². The summed E-state index contributed by atoms with van der Waals surface area (Å²) in [5.41, 5.74) is 7.74. The smallest absolute Gasteiger partial charge is 0.248 e. The number of amides is 1. The maximum Gasteiger partial charge on any atom is 0.248 e. The molecule has 21 heavy (non-hydrogen) atoms. The molecule has 0 bridgehead atoms. The SMILES string of the molecule is C#Cc1nc(Nc2cccc(C(N)=O)c2)nc2nc[nH]c12. The van der Waals surface area contributed by atoms with E-state index in [4.69, 9.17) is 12.2 Å². The van der Waals surface area contributed by atoms with Gasteiger partial charge in [-0.05, 0) is 24.1 Å². The minimum absolute atomic E-state index is 0.296. The number of H-pyrrole nitrogens is 1. The molecule has 3 aromatic rings. The molecule has 1 aromatic carbocycles. The van der Waals surface area contributed by atoms with Gasteiger partial charge < -0.3 is 16.0 Å². The molecule has 0 radical (unpaired) electrons. The summed E-state index contributed by atoms with van der Waals surface area (Å²) in [7, 11) is 0. The first-order chi connectivity index (χ1) is 10.2. The van der Waals surface area contributed by atoms with Gasteiger partial charge in [-0.1, -0.05) is 6.07 Å². The van der Waals surface area contributed by atoms with Crippen LogP contribution >= 0.6 is 0 Å². The molecule has 0 atom stereocenters. The summed E-state index contributed by atoms with van der Waals surface area (Å²) in [6.45, 7) is 0. The number of imidazole rings is 1. The van der Waals surface area contributed by atoms with Crippen LogP contribution in [0.1, 0.15) is 16.1 Å². The Morgan fingerprint density at radius 2 is 2.24 bits per heavy atom. The summed E-state index contributed by atoms with van der Waals surface area (Å²) in [6, 6.07) is 6.70. The highest BCUT2D eigenvalue weighted by Crippen LogP contribution is 2.18. The first kappa shape index (κ1) is 12.6. The van der Waals surface area contributed by atoms with Crippen molar-refractivity contribution in [1.29, 1.82) is 0 Å². The number of fused-ring (bicyclic) bond motifs is 1. The highest BCUT2D eigenvalue weighted by molar-refractivity contribution is 5.93. The van der Waals surface area contributed by atoms with Crippen molar-refractivity contribution < 1.29 is 4.79 Å². The topological polar surface area (TPSA) is 110 Å². The number of hydrogen-bond donors (Lipinski definition) is 3. The van der Waals surface area contributed by atoms with E-state index < -0.39 is 5.91 Å². The van der Waals surface area contributed by atoms with Gasteiger partial charge in [-0.15, -0.1) is 6.42 Å². The van der Waals surface area contributed by atoms with Crippen LogP contribution in [0.15, 0.2) is 30.6 Å². The Balaban J connectivity index is 2.00. The third-order valence-electron chi connectivity index (χ3n) is 2.83. The number of primary amides is 1. The highest BCUT2D eigenvalue weighted by Gasteiger charge is 2.09. The molecule has 7 nitrogen and oxygen atoms in total. The molecule has 7 heteroatoms. The summed E-state index contributed by atoms with van der Waals surface area (Å²) in [4.78, 5) is 26.6. The third-order valence-corrected chi connectivity index (χ3v) is 2.83. The summed E-state index contributed by atoms with van der Waals surface area (Å²) >= 11 is 0. The Hall–Kier alpha value is -3.40. The zero-order chi connectivity index (χ0) is 14.8. The number of benzene rings is 1. The number of hydrogen-bond acceptors (Lipinski definition) is 5. The van der Waals surface area contributed by atoms with Crippen LogP contribution in [-0.4, -0.2) is 25.8 Å². The Morgan fingerprint density at radius 3 is 3.00 bits per heavy atom. The van der Waals surface area contributed by atoms with Crippen molar-refractivity contribution in [3.05, 3.63) is 41.9 Å². The van der Waals surface area contributed by atoms with E-state index >= 15 is 0 Å². The summed E-state index contributed by atoms with van der Waals surface area (Å²) in [6.07, 6.45) is 6.92. The van der Waals surface area contributed by atoms with Crippen LogP contribution in [0.5, 0.6) is 0 Å². The van der Waals surface area contributed by atoms with Gasteiger partial charge in [-0.3, -0.25) is 4.79 Å². The molecule has 2 aromatic heterocycles. The molecule has 4 N–H and O–H groups in total. The second-order valence-corrected chi connectivity index (χ2v) is 4.21. The number of rotatable bonds is 3. The predicted octanol–water partition coefficient (Wildman–Crippen LogP) is 1.18. The fourth-order valence-corrected chi connectivity index (χ4v) is 1.87. The lowest BCUT2D eigenvalue weighted by molar-refractivity contribution is 0.100. The average Bonchev–Trinajstić information content (AvgIpc) is 2.95. The van der Waals surface area contributed by atoms with Crippen LogP contribution in [-0.2, 0) is 0 Å². The summed E-state index contributed by atoms with van der Waals surface area (Å²) in [5.74, 6) is 2.26. The van der Waals surface area contributed by atoms with Gasteiger partial charge in [0.15, 0.2) is 5.65 Å². The zero-order valence-electron chi connectivity index (χ0n) is 10.8. The molecule has 0 unspecified atom stereocenters. The fourth-order valence-electron chi connectivity index (χ4n) is 1.87. The van der Waals surface area contributed by atoms with E-state index in [1.165, 1.54) is 6.33 Å². The molecule has 3 rings (SSSR count). The van der Waals surface area contributed by atoms with Gasteiger partial charge in [0.25, 0.3) is 0 Å². The van der Waals surface area contributed by atoms with Gasteiger partial charge in [0, 0.05) is 11.3 Å².